The standard InChI is InChI=1S/C18H31N7O2.HI/c1-3-16-22-21-14-25(16)8-7-20-18(19-4-2)24-11-9-23(10-12-24)17(26)15-6-5-13-27-15;/h14-15H,3-13H2,1-2H3,(H,19,20);1H. The molecule has 2 aliphatic heterocycles. The number of nitrogens with zero attached hydrogens (tertiary/aromatic N) is 6. The van der Waals surface area contributed by atoms with Crippen LogP contribution in [0.2, 0.25) is 0 Å². The first-order chi connectivity index (χ1) is 13.2. The Hall–Kier alpha value is -1.43. The Morgan fingerprint density at radius 3 is 2.68 bits per heavy atom. The molecule has 0 bridgehead atoms. The number of nitrogens with one attached hydrogen (secondary N) is 1. The number of guanidine groups is 1. The van der Waals surface area contributed by atoms with Crippen molar-refractivity contribution in [3.05, 3.63) is 12.2 Å². The molecule has 158 valence electrons. The maximum Gasteiger partial charge on any atom is 0.251 e. The van der Waals surface area contributed by atoms with E-state index in [2.05, 4.69) is 34.3 Å². The number of amides is 1. The van der Waals surface area contributed by atoms with Crippen LogP contribution in [-0.4, -0.2) is 88.4 Å². The van der Waals surface area contributed by atoms with E-state index in [9.17, 15) is 4.79 Å². The predicted molar refractivity (Wildman–Crippen MR) is 118 cm³/mol. The Kier molecular flexibility index (Phi) is 9.42. The van der Waals surface area contributed by atoms with Crippen LogP contribution in [0, 0.1) is 0 Å². The number of hydrogen-bond acceptors (Lipinski definition) is 5. The van der Waals surface area contributed by atoms with Gasteiger partial charge in [0.1, 0.15) is 18.3 Å². The average Bonchev–Trinajstić information content (AvgIpc) is 3.39. The number of aryl methyl sites for hydroxylation is 1. The fourth-order valence-electron chi connectivity index (χ4n) is 3.54. The number of carbonyl (C=O) groups excluding carboxylic acids is 1. The SMILES string of the molecule is CCNC(=NCCn1cnnc1CC)N1CCN(C(=O)C2CCCO2)CC1.I. The minimum Gasteiger partial charge on any atom is -0.368 e. The molecule has 0 radical (unpaired) electrons. The molecule has 1 atom stereocenters. The molecule has 3 rings (SSSR count). The van der Waals surface area contributed by atoms with Gasteiger partial charge in [0.2, 0.25) is 0 Å². The van der Waals surface area contributed by atoms with Gasteiger partial charge in [-0.2, -0.15) is 0 Å². The molecule has 1 aromatic rings. The van der Waals surface area contributed by atoms with Gasteiger partial charge in [-0.05, 0) is 19.8 Å². The van der Waals surface area contributed by atoms with Crippen molar-refractivity contribution in [2.45, 2.75) is 45.8 Å². The number of aromatic nitrogens is 3. The highest BCUT2D eigenvalue weighted by Crippen LogP contribution is 2.16. The number of ether oxygens (including phenoxy) is 1. The molecule has 0 spiro atoms. The van der Waals surface area contributed by atoms with E-state index in [1.165, 1.54) is 0 Å². The van der Waals surface area contributed by atoms with Crippen molar-refractivity contribution in [1.82, 2.24) is 29.9 Å². The molecule has 1 unspecified atom stereocenters. The molecule has 9 nitrogen and oxygen atoms in total. The quantitative estimate of drug-likeness (QED) is 0.349. The van der Waals surface area contributed by atoms with Gasteiger partial charge in [-0.1, -0.05) is 6.92 Å². The largest absolute Gasteiger partial charge is 0.368 e. The van der Waals surface area contributed by atoms with Crippen LogP contribution in [0.1, 0.15) is 32.5 Å². The van der Waals surface area contributed by atoms with E-state index in [1.807, 2.05) is 9.47 Å². The number of hydrogen-bond donors (Lipinski definition) is 1. The summed E-state index contributed by atoms with van der Waals surface area (Å²) in [6, 6.07) is 0. The van der Waals surface area contributed by atoms with Crippen LogP contribution < -0.4 is 5.32 Å². The highest BCUT2D eigenvalue weighted by atomic mass is 127. The van der Waals surface area contributed by atoms with Crippen LogP contribution in [0.3, 0.4) is 0 Å². The molecule has 0 aliphatic carbocycles. The molecule has 0 saturated carbocycles. The molecule has 0 aromatic carbocycles. The minimum absolute atomic E-state index is 0. The molecule has 3 heterocycles. The molecule has 2 saturated heterocycles. The second-order valence-corrected chi connectivity index (χ2v) is 6.84. The molecular formula is C18H32IN7O2. The maximum atomic E-state index is 12.5. The summed E-state index contributed by atoms with van der Waals surface area (Å²) < 4.78 is 7.58. The van der Waals surface area contributed by atoms with E-state index in [-0.39, 0.29) is 36.0 Å². The predicted octanol–water partition coefficient (Wildman–Crippen LogP) is 0.747. The van der Waals surface area contributed by atoms with Crippen LogP contribution in [0.4, 0.5) is 0 Å². The number of halogens is 1. The van der Waals surface area contributed by atoms with E-state index in [0.717, 1.165) is 57.2 Å². The van der Waals surface area contributed by atoms with Gasteiger partial charge < -0.3 is 24.4 Å². The Balaban J connectivity index is 0.00000280. The molecule has 1 aromatic heterocycles. The van der Waals surface area contributed by atoms with Crippen LogP contribution >= 0.6 is 24.0 Å². The van der Waals surface area contributed by atoms with E-state index in [0.29, 0.717) is 26.2 Å². The van der Waals surface area contributed by atoms with Gasteiger partial charge in [0.25, 0.3) is 5.91 Å². The fraction of sp³-hybridized carbons (Fsp3) is 0.778. The summed E-state index contributed by atoms with van der Waals surface area (Å²) in [7, 11) is 0. The molecule has 1 amide bonds. The van der Waals surface area contributed by atoms with Crippen LogP contribution in [0.5, 0.6) is 0 Å². The third-order valence-electron chi connectivity index (χ3n) is 5.05. The summed E-state index contributed by atoms with van der Waals surface area (Å²) in [5, 5.41) is 11.4. The van der Waals surface area contributed by atoms with Gasteiger partial charge in [0.05, 0.1) is 6.54 Å². The van der Waals surface area contributed by atoms with Crippen molar-refractivity contribution in [2.24, 2.45) is 4.99 Å². The summed E-state index contributed by atoms with van der Waals surface area (Å²) >= 11 is 0. The summed E-state index contributed by atoms with van der Waals surface area (Å²) in [6.45, 7) is 10.1. The van der Waals surface area contributed by atoms with Crippen LogP contribution in [-0.2, 0) is 22.5 Å². The van der Waals surface area contributed by atoms with E-state index in [4.69, 9.17) is 9.73 Å². The Morgan fingerprint density at radius 1 is 1.29 bits per heavy atom. The van der Waals surface area contributed by atoms with Crippen molar-refractivity contribution in [3.63, 3.8) is 0 Å². The lowest BCUT2D eigenvalue weighted by Crippen LogP contribution is -2.55. The number of aliphatic imine (C=N–C) groups is 1. The Morgan fingerprint density at radius 2 is 2.04 bits per heavy atom. The second-order valence-electron chi connectivity index (χ2n) is 6.84. The zero-order chi connectivity index (χ0) is 19.1. The molecule has 2 fully saturated rings. The minimum atomic E-state index is -0.227. The summed E-state index contributed by atoms with van der Waals surface area (Å²) in [5.74, 6) is 2.04. The van der Waals surface area contributed by atoms with Crippen LogP contribution in [0.25, 0.3) is 0 Å². The van der Waals surface area contributed by atoms with Crippen LogP contribution in [0.15, 0.2) is 11.3 Å². The van der Waals surface area contributed by atoms with Crippen molar-refractivity contribution in [3.8, 4) is 0 Å². The first-order valence-corrected chi connectivity index (χ1v) is 10.0. The molecule has 2 aliphatic rings. The lowest BCUT2D eigenvalue weighted by atomic mass is 10.2. The van der Waals surface area contributed by atoms with Gasteiger partial charge in [-0.25, -0.2) is 0 Å². The van der Waals surface area contributed by atoms with Crippen molar-refractivity contribution >= 4 is 35.8 Å². The Bertz CT molecular complexity index is 638. The Labute approximate surface area is 183 Å². The van der Waals surface area contributed by atoms with E-state index >= 15 is 0 Å². The van der Waals surface area contributed by atoms with Crippen molar-refractivity contribution < 1.29 is 9.53 Å². The molecular weight excluding hydrogens is 473 g/mol. The van der Waals surface area contributed by atoms with E-state index in [1.54, 1.807) is 6.33 Å². The monoisotopic (exact) mass is 505 g/mol. The topological polar surface area (TPSA) is 87.9 Å². The van der Waals surface area contributed by atoms with Gasteiger partial charge in [0.15, 0.2) is 5.96 Å². The maximum absolute atomic E-state index is 12.5. The van der Waals surface area contributed by atoms with Gasteiger partial charge in [-0.15, -0.1) is 34.2 Å². The fourth-order valence-corrected chi connectivity index (χ4v) is 3.54. The van der Waals surface area contributed by atoms with Crippen molar-refractivity contribution in [1.29, 1.82) is 0 Å². The number of carbonyl (C=O) groups is 1. The summed E-state index contributed by atoms with van der Waals surface area (Å²) in [6.07, 6.45) is 4.24. The zero-order valence-corrected chi connectivity index (χ0v) is 19.2. The zero-order valence-electron chi connectivity index (χ0n) is 16.8. The number of rotatable bonds is 6. The normalized spacial score (nSPS) is 20.2. The highest BCUT2D eigenvalue weighted by molar-refractivity contribution is 14.0. The first kappa shape index (κ1) is 22.9. The summed E-state index contributed by atoms with van der Waals surface area (Å²) in [4.78, 5) is 21.4. The first-order valence-electron chi connectivity index (χ1n) is 10.0. The van der Waals surface area contributed by atoms with Gasteiger partial charge in [0, 0.05) is 52.3 Å². The third-order valence-corrected chi connectivity index (χ3v) is 5.05. The average molecular weight is 505 g/mol. The van der Waals surface area contributed by atoms with Gasteiger partial charge in [-0.3, -0.25) is 9.79 Å². The lowest BCUT2D eigenvalue weighted by Gasteiger charge is -2.37. The van der Waals surface area contributed by atoms with Gasteiger partial charge >= 0.3 is 0 Å². The van der Waals surface area contributed by atoms with Crippen molar-refractivity contribution in [2.75, 3.05) is 45.9 Å². The molecule has 1 N–H and O–H groups in total. The number of piperazine rings is 1. The highest BCUT2D eigenvalue weighted by Gasteiger charge is 2.30. The summed E-state index contributed by atoms with van der Waals surface area (Å²) in [5.41, 5.74) is 0. The molecule has 10 heteroatoms. The third kappa shape index (κ3) is 5.79. The second kappa shape index (κ2) is 11.5. The lowest BCUT2D eigenvalue weighted by molar-refractivity contribution is -0.142. The van der Waals surface area contributed by atoms with E-state index < -0.39 is 0 Å². The molecule has 28 heavy (non-hydrogen) atoms. The smallest absolute Gasteiger partial charge is 0.251 e.